The normalized spacial score (nSPS) is 31.4. The minimum Gasteiger partial charge on any atom is -0.381 e. The Hall–Kier alpha value is -0.810. The Morgan fingerprint density at radius 2 is 2.00 bits per heavy atom. The fourth-order valence-electron chi connectivity index (χ4n) is 4.25. The van der Waals surface area contributed by atoms with E-state index < -0.39 is 0 Å². The summed E-state index contributed by atoms with van der Waals surface area (Å²) in [6.45, 7) is 6.80. The van der Waals surface area contributed by atoms with Crippen LogP contribution in [0.3, 0.4) is 0 Å². The Kier molecular flexibility index (Phi) is 6.57. The molecule has 2 heterocycles. The zero-order chi connectivity index (χ0) is 15.9. The Bertz CT molecular complexity index is 368. The number of hydrogen-bond acceptors (Lipinski definition) is 3. The molecule has 0 aromatic rings. The van der Waals surface area contributed by atoms with E-state index in [1.54, 1.807) is 0 Å². The number of hydrogen-bond donors (Lipinski definition) is 1. The molecule has 2 aliphatic heterocycles. The van der Waals surface area contributed by atoms with Crippen molar-refractivity contribution in [3.05, 3.63) is 0 Å². The number of fused-ring (bicyclic) bond motifs is 1. The van der Waals surface area contributed by atoms with Crippen LogP contribution in [-0.4, -0.2) is 64.0 Å². The van der Waals surface area contributed by atoms with Gasteiger partial charge in [-0.1, -0.05) is 12.8 Å². The molecule has 5 heteroatoms. The van der Waals surface area contributed by atoms with Gasteiger partial charge in [0.15, 0.2) is 5.96 Å². The van der Waals surface area contributed by atoms with Gasteiger partial charge in [-0.3, -0.25) is 4.99 Å². The molecule has 3 rings (SSSR count). The van der Waals surface area contributed by atoms with Gasteiger partial charge in [-0.25, -0.2) is 0 Å². The van der Waals surface area contributed by atoms with E-state index in [2.05, 4.69) is 15.2 Å². The van der Waals surface area contributed by atoms with Gasteiger partial charge in [-0.05, 0) is 37.5 Å². The highest BCUT2D eigenvalue weighted by atomic mass is 16.5. The number of ether oxygens (including phenoxy) is 2. The Morgan fingerprint density at radius 1 is 1.22 bits per heavy atom. The minimum atomic E-state index is 0.615. The van der Waals surface area contributed by atoms with Gasteiger partial charge in [0, 0.05) is 45.8 Å². The molecule has 1 N–H and O–H groups in total. The fraction of sp³-hybridized carbons (Fsp3) is 0.944. The highest BCUT2D eigenvalue weighted by molar-refractivity contribution is 5.80. The van der Waals surface area contributed by atoms with E-state index >= 15 is 0 Å². The monoisotopic (exact) mass is 323 g/mol. The van der Waals surface area contributed by atoms with Gasteiger partial charge >= 0.3 is 0 Å². The first-order valence-electron chi connectivity index (χ1n) is 9.48. The molecular formula is C18H33N3O2. The molecule has 1 saturated carbocycles. The minimum absolute atomic E-state index is 0.615. The summed E-state index contributed by atoms with van der Waals surface area (Å²) in [5.74, 6) is 3.51. The average Bonchev–Trinajstić information content (AvgIpc) is 3.23. The molecule has 3 aliphatic rings. The van der Waals surface area contributed by atoms with E-state index in [0.717, 1.165) is 63.6 Å². The lowest BCUT2D eigenvalue weighted by atomic mass is 9.82. The Balaban J connectivity index is 1.29. The largest absolute Gasteiger partial charge is 0.381 e. The summed E-state index contributed by atoms with van der Waals surface area (Å²) in [4.78, 5) is 6.95. The van der Waals surface area contributed by atoms with Crippen molar-refractivity contribution in [2.24, 2.45) is 22.7 Å². The van der Waals surface area contributed by atoms with Gasteiger partial charge in [0.05, 0.1) is 13.2 Å². The molecule has 0 radical (unpaired) electrons. The Labute approximate surface area is 140 Å². The van der Waals surface area contributed by atoms with E-state index in [-0.39, 0.29) is 0 Å². The highest BCUT2D eigenvalue weighted by Gasteiger charge is 2.35. The van der Waals surface area contributed by atoms with E-state index in [4.69, 9.17) is 9.47 Å². The summed E-state index contributed by atoms with van der Waals surface area (Å²) in [5, 5.41) is 3.52. The molecule has 0 aromatic carbocycles. The molecule has 0 spiro atoms. The van der Waals surface area contributed by atoms with Crippen molar-refractivity contribution in [1.29, 1.82) is 0 Å². The van der Waals surface area contributed by atoms with Gasteiger partial charge < -0.3 is 19.7 Å². The van der Waals surface area contributed by atoms with Gasteiger partial charge in [-0.2, -0.15) is 0 Å². The molecule has 3 unspecified atom stereocenters. The standard InChI is InChI=1S/C18H33N3O2/c1-19-18(21-11-16-5-2-3-6-17(16)12-21)20-8-4-9-22-13-15-7-10-23-14-15/h15-17H,2-14H2,1H3,(H,19,20). The molecule has 3 atom stereocenters. The summed E-state index contributed by atoms with van der Waals surface area (Å²) >= 11 is 0. The molecule has 0 amide bonds. The molecule has 5 nitrogen and oxygen atoms in total. The fourth-order valence-corrected chi connectivity index (χ4v) is 4.25. The molecule has 1 aliphatic carbocycles. The maximum atomic E-state index is 5.76. The first kappa shape index (κ1) is 17.0. The van der Waals surface area contributed by atoms with Gasteiger partial charge in [-0.15, -0.1) is 0 Å². The van der Waals surface area contributed by atoms with Gasteiger partial charge in [0.2, 0.25) is 0 Å². The predicted octanol–water partition coefficient (Wildman–Crippen LogP) is 2.13. The molecule has 132 valence electrons. The van der Waals surface area contributed by atoms with Crippen molar-refractivity contribution in [3.8, 4) is 0 Å². The summed E-state index contributed by atoms with van der Waals surface area (Å²) in [6, 6.07) is 0. The molecule has 3 fully saturated rings. The van der Waals surface area contributed by atoms with Crippen LogP contribution in [0.25, 0.3) is 0 Å². The second-order valence-electron chi connectivity index (χ2n) is 7.34. The number of nitrogens with one attached hydrogen (secondary N) is 1. The topological polar surface area (TPSA) is 46.1 Å². The van der Waals surface area contributed by atoms with Crippen molar-refractivity contribution >= 4 is 5.96 Å². The molecule has 2 saturated heterocycles. The van der Waals surface area contributed by atoms with Crippen LogP contribution in [0.1, 0.15) is 38.5 Å². The number of likely N-dealkylation sites (tertiary alicyclic amines) is 1. The summed E-state index contributed by atoms with van der Waals surface area (Å²) in [5.41, 5.74) is 0. The van der Waals surface area contributed by atoms with Crippen LogP contribution >= 0.6 is 0 Å². The number of rotatable bonds is 6. The molecular weight excluding hydrogens is 290 g/mol. The third-order valence-electron chi connectivity index (χ3n) is 5.61. The van der Waals surface area contributed by atoms with Gasteiger partial charge in [0.25, 0.3) is 0 Å². The maximum absolute atomic E-state index is 5.76. The second kappa shape index (κ2) is 8.88. The smallest absolute Gasteiger partial charge is 0.193 e. The summed E-state index contributed by atoms with van der Waals surface area (Å²) in [6.07, 6.45) is 7.86. The van der Waals surface area contributed by atoms with E-state index in [9.17, 15) is 0 Å². The number of nitrogens with zero attached hydrogens (tertiary/aromatic N) is 2. The molecule has 0 bridgehead atoms. The first-order chi connectivity index (χ1) is 11.4. The maximum Gasteiger partial charge on any atom is 0.193 e. The van der Waals surface area contributed by atoms with Crippen LogP contribution in [-0.2, 0) is 9.47 Å². The molecule has 0 aromatic heterocycles. The van der Waals surface area contributed by atoms with E-state index in [1.165, 1.54) is 38.8 Å². The molecule has 23 heavy (non-hydrogen) atoms. The summed E-state index contributed by atoms with van der Waals surface area (Å²) < 4.78 is 11.1. The van der Waals surface area contributed by atoms with Crippen LogP contribution in [0.2, 0.25) is 0 Å². The van der Waals surface area contributed by atoms with E-state index in [0.29, 0.717) is 5.92 Å². The SMILES string of the molecule is CN=C(NCCCOCC1CCOC1)N1CC2CCCCC2C1. The van der Waals surface area contributed by atoms with Crippen LogP contribution in [0, 0.1) is 17.8 Å². The predicted molar refractivity (Wildman–Crippen MR) is 92.7 cm³/mol. The van der Waals surface area contributed by atoms with Gasteiger partial charge in [0.1, 0.15) is 0 Å². The van der Waals surface area contributed by atoms with Crippen molar-refractivity contribution in [3.63, 3.8) is 0 Å². The average molecular weight is 323 g/mol. The third kappa shape index (κ3) is 4.83. The number of guanidine groups is 1. The lowest BCUT2D eigenvalue weighted by molar-refractivity contribution is 0.0887. The van der Waals surface area contributed by atoms with Crippen LogP contribution in [0.5, 0.6) is 0 Å². The zero-order valence-corrected chi connectivity index (χ0v) is 14.6. The Morgan fingerprint density at radius 3 is 2.65 bits per heavy atom. The van der Waals surface area contributed by atoms with E-state index in [1.807, 2.05) is 7.05 Å². The van der Waals surface area contributed by atoms with Crippen molar-refractivity contribution in [2.45, 2.75) is 38.5 Å². The van der Waals surface area contributed by atoms with Crippen LogP contribution < -0.4 is 5.32 Å². The lowest BCUT2D eigenvalue weighted by Gasteiger charge is -2.22. The lowest BCUT2D eigenvalue weighted by Crippen LogP contribution is -2.40. The van der Waals surface area contributed by atoms with Crippen molar-refractivity contribution < 1.29 is 9.47 Å². The quantitative estimate of drug-likeness (QED) is 0.462. The van der Waals surface area contributed by atoms with Crippen LogP contribution in [0.4, 0.5) is 0 Å². The van der Waals surface area contributed by atoms with Crippen molar-refractivity contribution in [2.75, 3.05) is 53.1 Å². The first-order valence-corrected chi connectivity index (χ1v) is 9.48. The highest BCUT2D eigenvalue weighted by Crippen LogP contribution is 2.35. The van der Waals surface area contributed by atoms with Crippen molar-refractivity contribution in [1.82, 2.24) is 10.2 Å². The third-order valence-corrected chi connectivity index (χ3v) is 5.61. The summed E-state index contributed by atoms with van der Waals surface area (Å²) in [7, 11) is 1.90. The van der Waals surface area contributed by atoms with Crippen LogP contribution in [0.15, 0.2) is 4.99 Å². The zero-order valence-electron chi connectivity index (χ0n) is 14.6. The number of aliphatic imine (C=N–C) groups is 1. The second-order valence-corrected chi connectivity index (χ2v) is 7.34.